The number of nitrogens with zero attached hydrogens (tertiary/aromatic N) is 4. The second kappa shape index (κ2) is 11.2. The Labute approximate surface area is 169 Å². The summed E-state index contributed by atoms with van der Waals surface area (Å²) in [5.41, 5.74) is 1.62. The molecule has 0 amide bonds. The fraction of sp³-hybridized carbons (Fsp3) is 0.130. The number of nitriles is 4. The summed E-state index contributed by atoms with van der Waals surface area (Å²) in [5, 5.41) is 35.0. The molecule has 0 saturated carbocycles. The molecule has 0 bridgehead atoms. The van der Waals surface area contributed by atoms with Gasteiger partial charge in [-0.1, -0.05) is 24.3 Å². The summed E-state index contributed by atoms with van der Waals surface area (Å²) in [5.74, 6) is 1.39. The maximum Gasteiger partial charge on any atom is 0.130 e. The lowest BCUT2D eigenvalue weighted by molar-refractivity contribution is 0.247. The first-order valence-electron chi connectivity index (χ1n) is 8.68. The molecule has 2 aromatic carbocycles. The third-order valence-electron chi connectivity index (χ3n) is 3.69. The lowest BCUT2D eigenvalue weighted by atomic mass is 10.1. The van der Waals surface area contributed by atoms with E-state index >= 15 is 0 Å². The van der Waals surface area contributed by atoms with Crippen molar-refractivity contribution in [3.63, 3.8) is 0 Å². The molecule has 0 aliphatic heterocycles. The van der Waals surface area contributed by atoms with Gasteiger partial charge in [0.2, 0.25) is 0 Å². The average molecular weight is 380 g/mol. The molecular formula is C23H16N4O2. The summed E-state index contributed by atoms with van der Waals surface area (Å²) in [4.78, 5) is 0. The zero-order valence-corrected chi connectivity index (χ0v) is 15.5. The van der Waals surface area contributed by atoms with Gasteiger partial charge in [-0.3, -0.25) is 0 Å². The van der Waals surface area contributed by atoms with Crippen LogP contribution in [0.15, 0.2) is 59.7 Å². The van der Waals surface area contributed by atoms with Crippen LogP contribution in [0.5, 0.6) is 11.5 Å². The van der Waals surface area contributed by atoms with Crippen molar-refractivity contribution in [2.45, 2.75) is 6.42 Å². The van der Waals surface area contributed by atoms with Crippen LogP contribution in [0.4, 0.5) is 0 Å². The van der Waals surface area contributed by atoms with Crippen LogP contribution in [0, 0.1) is 45.3 Å². The predicted octanol–water partition coefficient (Wildman–Crippen LogP) is 4.40. The van der Waals surface area contributed by atoms with Crippen LogP contribution in [0.1, 0.15) is 17.5 Å². The Bertz CT molecular complexity index is 935. The van der Waals surface area contributed by atoms with Crippen LogP contribution < -0.4 is 9.47 Å². The summed E-state index contributed by atoms with van der Waals surface area (Å²) in [6.07, 6.45) is 3.71. The van der Waals surface area contributed by atoms with E-state index in [1.54, 1.807) is 48.5 Å². The van der Waals surface area contributed by atoms with Gasteiger partial charge in [-0.25, -0.2) is 0 Å². The van der Waals surface area contributed by atoms with Gasteiger partial charge in [0, 0.05) is 6.42 Å². The molecule has 6 heteroatoms. The summed E-state index contributed by atoms with van der Waals surface area (Å²) in [7, 11) is 0. The Morgan fingerprint density at radius 3 is 1.28 bits per heavy atom. The number of hydrogen-bond donors (Lipinski definition) is 0. The molecule has 0 fully saturated rings. The highest BCUT2D eigenvalue weighted by molar-refractivity contribution is 5.63. The molecule has 0 radical (unpaired) electrons. The number of benzene rings is 2. The first-order valence-corrected chi connectivity index (χ1v) is 8.68. The molecule has 2 aromatic rings. The van der Waals surface area contributed by atoms with E-state index in [-0.39, 0.29) is 11.1 Å². The third-order valence-corrected chi connectivity index (χ3v) is 3.69. The minimum Gasteiger partial charge on any atom is -0.493 e. The van der Waals surface area contributed by atoms with Crippen molar-refractivity contribution >= 4 is 12.2 Å². The Hall–Kier alpha value is -4.52. The maximum absolute atomic E-state index is 8.76. The van der Waals surface area contributed by atoms with Crippen LogP contribution >= 0.6 is 0 Å². The molecule has 0 unspecified atom stereocenters. The summed E-state index contributed by atoms with van der Waals surface area (Å²) < 4.78 is 11.3. The molecule has 0 spiro atoms. The van der Waals surface area contributed by atoms with Crippen molar-refractivity contribution in [2.24, 2.45) is 0 Å². The predicted molar refractivity (Wildman–Crippen MR) is 107 cm³/mol. The van der Waals surface area contributed by atoms with E-state index in [0.717, 1.165) is 11.1 Å². The molecule has 0 aromatic heterocycles. The molecule has 6 nitrogen and oxygen atoms in total. The largest absolute Gasteiger partial charge is 0.493 e. The van der Waals surface area contributed by atoms with E-state index in [9.17, 15) is 0 Å². The molecule has 29 heavy (non-hydrogen) atoms. The Balaban J connectivity index is 1.75. The standard InChI is InChI=1S/C23H16N4O2/c24-14-20(15-25)12-18-2-6-22(7-3-18)28-10-1-11-29-23-8-4-19(5-9-23)13-21(16-26)17-27/h2-9,12-13H,1,10-11H2. The Morgan fingerprint density at radius 2 is 0.966 bits per heavy atom. The smallest absolute Gasteiger partial charge is 0.130 e. The molecule has 0 N–H and O–H groups in total. The molecule has 0 heterocycles. The Kier molecular flexibility index (Phi) is 8.06. The van der Waals surface area contributed by atoms with Gasteiger partial charge < -0.3 is 9.47 Å². The number of hydrogen-bond acceptors (Lipinski definition) is 6. The van der Waals surface area contributed by atoms with Gasteiger partial charge in [-0.05, 0) is 47.5 Å². The maximum atomic E-state index is 8.76. The minimum atomic E-state index is 0.0513. The van der Waals surface area contributed by atoms with Gasteiger partial charge in [0.15, 0.2) is 0 Å². The number of ether oxygens (including phenoxy) is 2. The highest BCUT2D eigenvalue weighted by atomic mass is 16.5. The topological polar surface area (TPSA) is 114 Å². The Morgan fingerprint density at radius 1 is 0.621 bits per heavy atom. The van der Waals surface area contributed by atoms with Gasteiger partial charge in [-0.15, -0.1) is 0 Å². The van der Waals surface area contributed by atoms with Gasteiger partial charge in [-0.2, -0.15) is 21.0 Å². The zero-order valence-electron chi connectivity index (χ0n) is 15.5. The van der Waals surface area contributed by atoms with Crippen LogP contribution in [-0.4, -0.2) is 13.2 Å². The van der Waals surface area contributed by atoms with Crippen LogP contribution in [0.3, 0.4) is 0 Å². The normalized spacial score (nSPS) is 8.97. The first-order chi connectivity index (χ1) is 14.2. The summed E-state index contributed by atoms with van der Waals surface area (Å²) in [6, 6.07) is 21.5. The van der Waals surface area contributed by atoms with E-state index < -0.39 is 0 Å². The molecular weight excluding hydrogens is 364 g/mol. The SMILES string of the molecule is N#CC(C#N)=Cc1ccc(OCCCOc2ccc(C=C(C#N)C#N)cc2)cc1. The van der Waals surface area contributed by atoms with E-state index in [0.29, 0.717) is 31.1 Å². The lowest BCUT2D eigenvalue weighted by Crippen LogP contribution is -2.04. The second-order valence-corrected chi connectivity index (χ2v) is 5.75. The highest BCUT2D eigenvalue weighted by Gasteiger charge is 1.99. The van der Waals surface area contributed by atoms with Crippen LogP contribution in [-0.2, 0) is 0 Å². The molecule has 0 saturated heterocycles. The molecule has 0 aliphatic rings. The summed E-state index contributed by atoms with van der Waals surface area (Å²) >= 11 is 0. The lowest BCUT2D eigenvalue weighted by Gasteiger charge is -2.08. The number of rotatable bonds is 8. The van der Waals surface area contributed by atoms with Crippen molar-refractivity contribution in [1.29, 1.82) is 21.0 Å². The van der Waals surface area contributed by atoms with Gasteiger partial charge in [0.05, 0.1) is 13.2 Å². The van der Waals surface area contributed by atoms with Crippen molar-refractivity contribution in [3.05, 3.63) is 70.8 Å². The molecule has 0 aliphatic carbocycles. The van der Waals surface area contributed by atoms with Crippen molar-refractivity contribution < 1.29 is 9.47 Å². The van der Waals surface area contributed by atoms with E-state index in [4.69, 9.17) is 30.5 Å². The van der Waals surface area contributed by atoms with E-state index in [1.807, 2.05) is 24.3 Å². The second-order valence-electron chi connectivity index (χ2n) is 5.75. The fourth-order valence-electron chi connectivity index (χ4n) is 2.27. The van der Waals surface area contributed by atoms with E-state index in [1.165, 1.54) is 12.2 Å². The molecule has 0 atom stereocenters. The molecule has 2 rings (SSSR count). The van der Waals surface area contributed by atoms with Crippen LogP contribution in [0.2, 0.25) is 0 Å². The zero-order chi connectivity index (χ0) is 20.9. The van der Waals surface area contributed by atoms with E-state index in [2.05, 4.69) is 0 Å². The van der Waals surface area contributed by atoms with Gasteiger partial charge in [0.1, 0.15) is 46.9 Å². The van der Waals surface area contributed by atoms with Crippen LogP contribution in [0.25, 0.3) is 12.2 Å². The first kappa shape index (κ1) is 20.8. The van der Waals surface area contributed by atoms with Gasteiger partial charge >= 0.3 is 0 Å². The third kappa shape index (κ3) is 6.95. The van der Waals surface area contributed by atoms with Crippen molar-refractivity contribution in [2.75, 3.05) is 13.2 Å². The van der Waals surface area contributed by atoms with Crippen molar-refractivity contribution in [3.8, 4) is 35.8 Å². The van der Waals surface area contributed by atoms with Gasteiger partial charge in [0.25, 0.3) is 0 Å². The average Bonchev–Trinajstić information content (AvgIpc) is 2.77. The molecule has 140 valence electrons. The highest BCUT2D eigenvalue weighted by Crippen LogP contribution is 2.16. The minimum absolute atomic E-state index is 0.0513. The monoisotopic (exact) mass is 380 g/mol. The van der Waals surface area contributed by atoms with Crippen molar-refractivity contribution in [1.82, 2.24) is 0 Å². The quantitative estimate of drug-likeness (QED) is 0.495. The summed E-state index contributed by atoms with van der Waals surface area (Å²) in [6.45, 7) is 0.955. The number of allylic oxidation sites excluding steroid dienone is 2. The fourth-order valence-corrected chi connectivity index (χ4v) is 2.27.